The van der Waals surface area contributed by atoms with Crippen molar-refractivity contribution < 1.29 is 0 Å². The van der Waals surface area contributed by atoms with Crippen molar-refractivity contribution in [1.82, 2.24) is 0 Å². The Morgan fingerprint density at radius 2 is 1.69 bits per heavy atom. The Balaban J connectivity index is 2.54. The third-order valence-electron chi connectivity index (χ3n) is 3.35. The quantitative estimate of drug-likeness (QED) is 0.505. The molecule has 0 fully saturated rings. The van der Waals surface area contributed by atoms with E-state index in [9.17, 15) is 0 Å². The lowest BCUT2D eigenvalue weighted by Gasteiger charge is -2.12. The molecule has 0 heterocycles. The van der Waals surface area contributed by atoms with Crippen LogP contribution in [0.3, 0.4) is 0 Å². The summed E-state index contributed by atoms with van der Waals surface area (Å²) in [6.45, 7) is 6.64. The van der Waals surface area contributed by atoms with E-state index in [1.54, 1.807) is 5.56 Å². The summed E-state index contributed by atoms with van der Waals surface area (Å²) in [5.74, 6) is 2.70. The zero-order valence-corrected chi connectivity index (χ0v) is 10.8. The molecule has 0 radical (unpaired) electrons. The summed E-state index contributed by atoms with van der Waals surface area (Å²) < 4.78 is 0. The number of unbranched alkanes of at least 4 members (excludes halogenated alkanes) is 3. The van der Waals surface area contributed by atoms with Crippen LogP contribution in [0, 0.1) is 33.1 Å². The molecule has 0 atom stereocenters. The molecule has 0 spiro atoms. The summed E-state index contributed by atoms with van der Waals surface area (Å²) in [6, 6.07) is 4.45. The lowest BCUT2D eigenvalue weighted by molar-refractivity contribution is 0.689. The topological polar surface area (TPSA) is 0 Å². The summed E-state index contributed by atoms with van der Waals surface area (Å²) in [5.41, 5.74) is 5.85. The molecule has 0 bridgehead atoms. The summed E-state index contributed by atoms with van der Waals surface area (Å²) in [7, 11) is 0. The molecule has 0 aliphatic rings. The van der Waals surface area contributed by atoms with Crippen molar-refractivity contribution in [2.24, 2.45) is 0 Å². The van der Waals surface area contributed by atoms with Crippen molar-refractivity contribution in [2.75, 3.05) is 0 Å². The summed E-state index contributed by atoms with van der Waals surface area (Å²) in [6.07, 6.45) is 11.0. The first-order valence-electron chi connectivity index (χ1n) is 6.16. The van der Waals surface area contributed by atoms with E-state index >= 15 is 0 Å². The highest BCUT2D eigenvalue weighted by atomic mass is 14.1. The van der Waals surface area contributed by atoms with Gasteiger partial charge in [-0.15, -0.1) is 12.3 Å². The van der Waals surface area contributed by atoms with E-state index in [2.05, 4.69) is 38.8 Å². The van der Waals surface area contributed by atoms with Gasteiger partial charge < -0.3 is 0 Å². The Morgan fingerprint density at radius 3 is 2.38 bits per heavy atom. The number of hydrogen-bond acceptors (Lipinski definition) is 0. The second-order valence-corrected chi connectivity index (χ2v) is 4.57. The average molecular weight is 214 g/mol. The average Bonchev–Trinajstić information content (AvgIpc) is 2.28. The highest BCUT2D eigenvalue weighted by Crippen LogP contribution is 2.20. The van der Waals surface area contributed by atoms with E-state index in [1.807, 2.05) is 0 Å². The van der Waals surface area contributed by atoms with Gasteiger partial charge in [-0.25, -0.2) is 0 Å². The van der Waals surface area contributed by atoms with Crippen LogP contribution in [-0.2, 0) is 6.42 Å². The largest absolute Gasteiger partial charge is 0.120 e. The number of terminal acetylenes is 1. The van der Waals surface area contributed by atoms with Gasteiger partial charge in [-0.05, 0) is 62.3 Å². The maximum absolute atomic E-state index is 5.24. The maximum atomic E-state index is 5.24. The Bertz CT molecular complexity index is 380. The first-order valence-corrected chi connectivity index (χ1v) is 6.16. The fraction of sp³-hybridized carbons (Fsp3) is 0.500. The molecule has 0 saturated carbocycles. The standard InChI is InChI=1S/C16H22/c1-5-6-7-8-9-10-16-14(3)12-11-13(2)15(16)4/h1,11-12H,6-10H2,2-4H3. The molecule has 0 unspecified atom stereocenters. The molecule has 1 rings (SSSR count). The molecule has 0 heteroatoms. The molecule has 0 saturated heterocycles. The van der Waals surface area contributed by atoms with Gasteiger partial charge >= 0.3 is 0 Å². The van der Waals surface area contributed by atoms with Gasteiger partial charge in [0.05, 0.1) is 0 Å². The lowest BCUT2D eigenvalue weighted by atomic mass is 9.94. The monoisotopic (exact) mass is 214 g/mol. The SMILES string of the molecule is C#CCCCCCc1c(C)ccc(C)c1C. The van der Waals surface area contributed by atoms with E-state index in [1.165, 1.54) is 42.4 Å². The van der Waals surface area contributed by atoms with Crippen LogP contribution in [0.15, 0.2) is 12.1 Å². The Labute approximate surface area is 100 Å². The van der Waals surface area contributed by atoms with Crippen LogP contribution >= 0.6 is 0 Å². The van der Waals surface area contributed by atoms with Crippen molar-refractivity contribution in [3.8, 4) is 12.3 Å². The minimum Gasteiger partial charge on any atom is -0.120 e. The third-order valence-corrected chi connectivity index (χ3v) is 3.35. The molecule has 1 aromatic rings. The van der Waals surface area contributed by atoms with E-state index in [0.717, 1.165) is 6.42 Å². The smallest absolute Gasteiger partial charge is 0.00860 e. The molecule has 0 aliphatic carbocycles. The zero-order chi connectivity index (χ0) is 12.0. The van der Waals surface area contributed by atoms with Gasteiger partial charge in [-0.1, -0.05) is 18.6 Å². The lowest BCUT2D eigenvalue weighted by Crippen LogP contribution is -1.96. The first-order chi connectivity index (χ1) is 7.66. The molecule has 0 aromatic heterocycles. The minimum absolute atomic E-state index is 0.922. The highest BCUT2D eigenvalue weighted by Gasteiger charge is 2.04. The fourth-order valence-corrected chi connectivity index (χ4v) is 2.10. The van der Waals surface area contributed by atoms with E-state index < -0.39 is 0 Å². The van der Waals surface area contributed by atoms with Gasteiger partial charge in [0.15, 0.2) is 0 Å². The van der Waals surface area contributed by atoms with Crippen LogP contribution in [0.1, 0.15) is 47.9 Å². The normalized spacial score (nSPS) is 10.1. The number of hydrogen-bond donors (Lipinski definition) is 0. The molecular formula is C16H22. The third kappa shape index (κ3) is 3.42. The van der Waals surface area contributed by atoms with E-state index in [0.29, 0.717) is 0 Å². The van der Waals surface area contributed by atoms with Crippen molar-refractivity contribution >= 4 is 0 Å². The molecule has 16 heavy (non-hydrogen) atoms. The minimum atomic E-state index is 0.922. The van der Waals surface area contributed by atoms with Crippen LogP contribution in [0.5, 0.6) is 0 Å². The Kier molecular flexibility index (Phi) is 5.12. The van der Waals surface area contributed by atoms with Crippen molar-refractivity contribution in [2.45, 2.75) is 52.9 Å². The van der Waals surface area contributed by atoms with Crippen LogP contribution < -0.4 is 0 Å². The fourth-order valence-electron chi connectivity index (χ4n) is 2.10. The van der Waals surface area contributed by atoms with Crippen molar-refractivity contribution in [3.63, 3.8) is 0 Å². The van der Waals surface area contributed by atoms with Gasteiger partial charge in [0.2, 0.25) is 0 Å². The molecule has 1 aromatic carbocycles. The van der Waals surface area contributed by atoms with Crippen molar-refractivity contribution in [1.29, 1.82) is 0 Å². The maximum Gasteiger partial charge on any atom is 0.00860 e. The predicted octanol–water partition coefficient (Wildman–Crippen LogP) is 4.35. The summed E-state index contributed by atoms with van der Waals surface area (Å²) in [5, 5.41) is 0. The first kappa shape index (κ1) is 12.8. The number of rotatable bonds is 5. The number of aryl methyl sites for hydroxylation is 2. The van der Waals surface area contributed by atoms with Crippen LogP contribution in [0.4, 0.5) is 0 Å². The van der Waals surface area contributed by atoms with Crippen molar-refractivity contribution in [3.05, 3.63) is 34.4 Å². The van der Waals surface area contributed by atoms with Gasteiger partial charge in [-0.2, -0.15) is 0 Å². The molecule has 0 aliphatic heterocycles. The summed E-state index contributed by atoms with van der Waals surface area (Å²) >= 11 is 0. The van der Waals surface area contributed by atoms with Gasteiger partial charge in [0.25, 0.3) is 0 Å². The van der Waals surface area contributed by atoms with Gasteiger partial charge in [0, 0.05) is 6.42 Å². The predicted molar refractivity (Wildman–Crippen MR) is 71.7 cm³/mol. The number of benzene rings is 1. The van der Waals surface area contributed by atoms with Gasteiger partial charge in [0.1, 0.15) is 0 Å². The second kappa shape index (κ2) is 6.38. The molecule has 0 nitrogen and oxygen atoms in total. The Hall–Kier alpha value is -1.22. The van der Waals surface area contributed by atoms with E-state index in [-0.39, 0.29) is 0 Å². The van der Waals surface area contributed by atoms with Crippen LogP contribution in [0.25, 0.3) is 0 Å². The summed E-state index contributed by atoms with van der Waals surface area (Å²) in [4.78, 5) is 0. The zero-order valence-electron chi connectivity index (χ0n) is 10.8. The molecule has 0 N–H and O–H groups in total. The molecular weight excluding hydrogens is 192 g/mol. The van der Waals surface area contributed by atoms with Gasteiger partial charge in [-0.3, -0.25) is 0 Å². The highest BCUT2D eigenvalue weighted by molar-refractivity contribution is 5.39. The second-order valence-electron chi connectivity index (χ2n) is 4.57. The van der Waals surface area contributed by atoms with Crippen LogP contribution in [0.2, 0.25) is 0 Å². The molecule has 86 valence electrons. The molecule has 0 amide bonds. The van der Waals surface area contributed by atoms with E-state index in [4.69, 9.17) is 6.42 Å². The van der Waals surface area contributed by atoms with Crippen LogP contribution in [-0.4, -0.2) is 0 Å². The Morgan fingerprint density at radius 1 is 1.00 bits per heavy atom.